The number of fused-ring (bicyclic) bond motifs is 1. The highest BCUT2D eigenvalue weighted by Gasteiger charge is 2.11. The van der Waals surface area contributed by atoms with E-state index in [1.165, 1.54) is 30.4 Å². The Balaban J connectivity index is 0.000000210. The quantitative estimate of drug-likeness (QED) is 0.245. The molecule has 0 saturated carbocycles. The Labute approximate surface area is 195 Å². The molecule has 31 heavy (non-hydrogen) atoms. The minimum atomic E-state index is -1.07. The van der Waals surface area contributed by atoms with Crippen molar-refractivity contribution < 1.29 is 18.0 Å². The third kappa shape index (κ3) is 5.37. The summed E-state index contributed by atoms with van der Waals surface area (Å²) in [5, 5.41) is 1.70. The van der Waals surface area contributed by atoms with Crippen LogP contribution in [-0.4, -0.2) is 6.29 Å². The van der Waals surface area contributed by atoms with E-state index in [0.717, 1.165) is 36.4 Å². The van der Waals surface area contributed by atoms with Gasteiger partial charge in [-0.05, 0) is 66.3 Å². The van der Waals surface area contributed by atoms with Crippen LogP contribution in [0.15, 0.2) is 53.0 Å². The van der Waals surface area contributed by atoms with Crippen molar-refractivity contribution in [2.24, 2.45) is 0 Å². The van der Waals surface area contributed by atoms with Crippen LogP contribution in [0.25, 0.3) is 10.1 Å². The lowest BCUT2D eigenvalue weighted by molar-refractivity contribution is 0.111. The highest BCUT2D eigenvalue weighted by atomic mass is 79.9. The maximum Gasteiger partial charge on any atom is 0.169 e. The largest absolute Gasteiger partial charge is 0.298 e. The summed E-state index contributed by atoms with van der Waals surface area (Å²) in [6, 6.07) is 14.2. The second kappa shape index (κ2) is 9.98. The zero-order valence-corrected chi connectivity index (χ0v) is 19.8. The van der Waals surface area contributed by atoms with Crippen LogP contribution in [0.5, 0.6) is 0 Å². The Hall–Kier alpha value is -2.15. The number of thiophene rings is 1. The lowest BCUT2D eigenvalue weighted by atomic mass is 10.1. The Morgan fingerprint density at radius 2 is 1.61 bits per heavy atom. The molecule has 0 unspecified atom stereocenters. The molecular formula is C24H17BrClF3OS. The Kier molecular flexibility index (Phi) is 7.57. The van der Waals surface area contributed by atoms with E-state index >= 15 is 0 Å². The highest BCUT2D eigenvalue weighted by molar-refractivity contribution is 9.10. The van der Waals surface area contributed by atoms with Gasteiger partial charge in [-0.2, -0.15) is 0 Å². The van der Waals surface area contributed by atoms with Crippen molar-refractivity contribution in [3.63, 3.8) is 0 Å². The zero-order valence-electron chi connectivity index (χ0n) is 16.6. The zero-order chi connectivity index (χ0) is 22.7. The molecule has 1 nitrogen and oxygen atoms in total. The first kappa shape index (κ1) is 23.5. The molecule has 160 valence electrons. The van der Waals surface area contributed by atoms with E-state index in [1.54, 1.807) is 6.92 Å². The summed E-state index contributed by atoms with van der Waals surface area (Å²) in [5.74, 6) is -2.13. The van der Waals surface area contributed by atoms with Crippen molar-refractivity contribution in [2.75, 3.05) is 0 Å². The van der Waals surface area contributed by atoms with Gasteiger partial charge < -0.3 is 0 Å². The summed E-state index contributed by atoms with van der Waals surface area (Å²) in [6.45, 7) is 3.23. The van der Waals surface area contributed by atoms with E-state index < -0.39 is 11.6 Å². The van der Waals surface area contributed by atoms with Gasteiger partial charge in [0.15, 0.2) is 17.9 Å². The van der Waals surface area contributed by atoms with Gasteiger partial charge in [-0.3, -0.25) is 4.79 Å². The lowest BCUT2D eigenvalue weighted by Crippen LogP contribution is -1.94. The van der Waals surface area contributed by atoms with Crippen molar-refractivity contribution in [3.05, 3.63) is 103 Å². The number of benzene rings is 3. The third-order valence-electron chi connectivity index (χ3n) is 4.67. The molecule has 0 bridgehead atoms. The summed E-state index contributed by atoms with van der Waals surface area (Å²) < 4.78 is 41.1. The fourth-order valence-corrected chi connectivity index (χ4v) is 4.69. The molecule has 0 N–H and O–H groups in total. The topological polar surface area (TPSA) is 17.1 Å². The van der Waals surface area contributed by atoms with Gasteiger partial charge >= 0.3 is 0 Å². The summed E-state index contributed by atoms with van der Waals surface area (Å²) in [6.07, 6.45) is 1.01. The summed E-state index contributed by atoms with van der Waals surface area (Å²) in [5.41, 5.74) is 1.69. The van der Waals surface area contributed by atoms with Gasteiger partial charge in [-0.25, -0.2) is 13.2 Å². The first-order valence-corrected chi connectivity index (χ1v) is 11.2. The molecule has 0 saturated heterocycles. The van der Waals surface area contributed by atoms with Crippen LogP contribution in [0.1, 0.15) is 31.9 Å². The maximum absolute atomic E-state index is 14.1. The fourth-order valence-electron chi connectivity index (χ4n) is 2.93. The fraction of sp³-hybridized carbons (Fsp3) is 0.125. The van der Waals surface area contributed by atoms with Crippen molar-refractivity contribution >= 4 is 55.2 Å². The summed E-state index contributed by atoms with van der Waals surface area (Å²) in [4.78, 5) is 11.2. The smallest absolute Gasteiger partial charge is 0.169 e. The van der Waals surface area contributed by atoms with E-state index in [0.29, 0.717) is 5.56 Å². The molecule has 0 radical (unpaired) electrons. The average molecular weight is 526 g/mol. The number of hydrogen-bond acceptors (Lipinski definition) is 2. The Bertz CT molecular complexity index is 1270. The molecule has 0 amide bonds. The van der Waals surface area contributed by atoms with E-state index in [1.807, 2.05) is 36.4 Å². The highest BCUT2D eigenvalue weighted by Crippen LogP contribution is 2.32. The number of aldehydes is 1. The minimum Gasteiger partial charge on any atom is -0.298 e. The molecule has 1 heterocycles. The number of hydrogen-bond donors (Lipinski definition) is 0. The van der Waals surface area contributed by atoms with Gasteiger partial charge in [-0.15, -0.1) is 11.3 Å². The molecule has 0 aliphatic rings. The molecule has 1 aromatic heterocycles. The number of carbonyl (C=O) groups is 1. The van der Waals surface area contributed by atoms with E-state index in [-0.39, 0.29) is 23.2 Å². The predicted octanol–water partition coefficient (Wildman–Crippen LogP) is 8.44. The monoisotopic (exact) mass is 524 g/mol. The van der Waals surface area contributed by atoms with Gasteiger partial charge in [0, 0.05) is 20.8 Å². The summed E-state index contributed by atoms with van der Waals surface area (Å²) in [7, 11) is 0. The molecule has 0 fully saturated rings. The van der Waals surface area contributed by atoms with Crippen molar-refractivity contribution in [1.29, 1.82) is 0 Å². The predicted molar refractivity (Wildman–Crippen MR) is 125 cm³/mol. The number of carbonyl (C=O) groups excluding carboxylic acids is 1. The molecule has 7 heteroatoms. The van der Waals surface area contributed by atoms with Crippen molar-refractivity contribution in [1.82, 2.24) is 0 Å². The van der Waals surface area contributed by atoms with Crippen LogP contribution in [0.3, 0.4) is 0 Å². The Morgan fingerprint density at radius 1 is 0.935 bits per heavy atom. The molecule has 0 spiro atoms. The van der Waals surface area contributed by atoms with E-state index in [2.05, 4.69) is 15.9 Å². The number of halogens is 5. The van der Waals surface area contributed by atoms with E-state index in [4.69, 9.17) is 11.6 Å². The SMILES string of the molecule is Cc1ccc(C=O)c(F)c1F.Cc1ccc2cc(Cc3cc(Br)ccc3Cl)sc2c1F. The van der Waals surface area contributed by atoms with Crippen LogP contribution in [-0.2, 0) is 6.42 Å². The molecular weight excluding hydrogens is 509 g/mol. The molecule has 0 aliphatic heterocycles. The first-order chi connectivity index (χ1) is 14.7. The van der Waals surface area contributed by atoms with Crippen LogP contribution in [0.4, 0.5) is 13.2 Å². The van der Waals surface area contributed by atoms with Gasteiger partial charge in [0.05, 0.1) is 10.3 Å². The van der Waals surface area contributed by atoms with Crippen molar-refractivity contribution in [3.8, 4) is 0 Å². The van der Waals surface area contributed by atoms with Crippen molar-refractivity contribution in [2.45, 2.75) is 20.3 Å². The summed E-state index contributed by atoms with van der Waals surface area (Å²) >= 11 is 11.2. The third-order valence-corrected chi connectivity index (χ3v) is 6.68. The van der Waals surface area contributed by atoms with Gasteiger partial charge in [0.2, 0.25) is 0 Å². The van der Waals surface area contributed by atoms with Crippen LogP contribution in [0, 0.1) is 31.3 Å². The minimum absolute atomic E-state index is 0.112. The molecule has 4 aromatic rings. The number of rotatable bonds is 3. The lowest BCUT2D eigenvalue weighted by Gasteiger charge is -2.02. The maximum atomic E-state index is 14.1. The van der Waals surface area contributed by atoms with Crippen LogP contribution >= 0.6 is 38.9 Å². The van der Waals surface area contributed by atoms with E-state index in [9.17, 15) is 18.0 Å². The molecule has 0 atom stereocenters. The standard InChI is InChI=1S/C16H11BrClFS.C8H6F2O/c1-9-2-3-10-7-13(20-16(10)15(9)19)8-11-6-12(17)4-5-14(11)18;1-5-2-3-6(4-11)8(10)7(5)9/h2-7H,8H2,1H3;2-4H,1H3. The molecule has 3 aromatic carbocycles. The van der Waals surface area contributed by atoms with Gasteiger partial charge in [0.25, 0.3) is 0 Å². The number of aryl methyl sites for hydroxylation is 2. The second-order valence-corrected chi connectivity index (χ2v) is 9.42. The second-order valence-electron chi connectivity index (χ2n) is 6.96. The Morgan fingerprint density at radius 3 is 2.32 bits per heavy atom. The molecule has 0 aliphatic carbocycles. The van der Waals surface area contributed by atoms with Crippen LogP contribution < -0.4 is 0 Å². The first-order valence-electron chi connectivity index (χ1n) is 9.22. The molecule has 4 rings (SSSR count). The van der Waals surface area contributed by atoms with Crippen LogP contribution in [0.2, 0.25) is 5.02 Å². The normalized spacial score (nSPS) is 10.7. The average Bonchev–Trinajstić information content (AvgIpc) is 3.16. The van der Waals surface area contributed by atoms with Gasteiger partial charge in [-0.1, -0.05) is 45.7 Å². The van der Waals surface area contributed by atoms with Gasteiger partial charge in [0.1, 0.15) is 5.82 Å².